The highest BCUT2D eigenvalue weighted by Crippen LogP contribution is 2.30. The number of benzene rings is 1. The predicted octanol–water partition coefficient (Wildman–Crippen LogP) is 2.30. The normalized spacial score (nSPS) is 16.7. The quantitative estimate of drug-likeness (QED) is 0.884. The fourth-order valence-corrected chi connectivity index (χ4v) is 2.29. The van der Waals surface area contributed by atoms with Crippen molar-refractivity contribution in [2.24, 2.45) is 5.73 Å². The maximum absolute atomic E-state index is 12.1. The molecule has 4 heteroatoms. The van der Waals surface area contributed by atoms with E-state index in [1.54, 1.807) is 0 Å². The lowest BCUT2D eigenvalue weighted by atomic mass is 9.77. The first kappa shape index (κ1) is 12.0. The second kappa shape index (κ2) is 4.55. The van der Waals surface area contributed by atoms with E-state index in [2.05, 4.69) is 5.32 Å². The molecule has 1 heterocycles. The first-order valence-corrected chi connectivity index (χ1v) is 6.51. The molecule has 0 aliphatic heterocycles. The highest BCUT2D eigenvalue weighted by atomic mass is 16.2. The topological polar surface area (TPSA) is 60.1 Å². The summed E-state index contributed by atoms with van der Waals surface area (Å²) in [5, 5.41) is 2.91. The van der Waals surface area contributed by atoms with Gasteiger partial charge in [-0.25, -0.2) is 0 Å². The minimum atomic E-state index is -0.663. The van der Waals surface area contributed by atoms with E-state index in [1.165, 1.54) is 0 Å². The fraction of sp³-hybridized carbons (Fsp3) is 0.267. The number of nitrogens with two attached hydrogens (primary N) is 1. The molecule has 0 bridgehead atoms. The van der Waals surface area contributed by atoms with Gasteiger partial charge >= 0.3 is 0 Å². The summed E-state index contributed by atoms with van der Waals surface area (Å²) in [4.78, 5) is 12.1. The lowest BCUT2D eigenvalue weighted by Crippen LogP contribution is -2.56. The number of nitrogens with one attached hydrogen (secondary N) is 1. The lowest BCUT2D eigenvalue weighted by molar-refractivity contribution is -0.123. The van der Waals surface area contributed by atoms with Gasteiger partial charge in [0.05, 0.1) is 5.54 Å². The van der Waals surface area contributed by atoms with Gasteiger partial charge in [-0.2, -0.15) is 0 Å². The predicted molar refractivity (Wildman–Crippen MR) is 75.2 cm³/mol. The summed E-state index contributed by atoms with van der Waals surface area (Å²) in [5.74, 6) is -0.0802. The second-order valence-electron chi connectivity index (χ2n) is 5.10. The van der Waals surface area contributed by atoms with Crippen molar-refractivity contribution in [1.82, 2.24) is 4.57 Å². The molecule has 98 valence electrons. The van der Waals surface area contributed by atoms with E-state index in [0.29, 0.717) is 0 Å². The number of hydrogen-bond acceptors (Lipinski definition) is 2. The van der Waals surface area contributed by atoms with Crippen LogP contribution < -0.4 is 11.1 Å². The summed E-state index contributed by atoms with van der Waals surface area (Å²) in [6.45, 7) is 0. The van der Waals surface area contributed by atoms with Gasteiger partial charge in [-0.15, -0.1) is 0 Å². The van der Waals surface area contributed by atoms with Crippen LogP contribution in [-0.2, 0) is 4.79 Å². The molecule has 19 heavy (non-hydrogen) atoms. The van der Waals surface area contributed by atoms with E-state index in [9.17, 15) is 4.79 Å². The number of aromatic nitrogens is 1. The Bertz CT molecular complexity index is 585. The molecule has 1 aliphatic carbocycles. The van der Waals surface area contributed by atoms with Crippen molar-refractivity contribution in [1.29, 1.82) is 0 Å². The zero-order valence-corrected chi connectivity index (χ0v) is 10.7. The molecule has 1 aromatic carbocycles. The monoisotopic (exact) mass is 255 g/mol. The van der Waals surface area contributed by atoms with Crippen molar-refractivity contribution in [3.63, 3.8) is 0 Å². The van der Waals surface area contributed by atoms with E-state index in [4.69, 9.17) is 5.73 Å². The van der Waals surface area contributed by atoms with Gasteiger partial charge < -0.3 is 15.6 Å². The third-order valence-corrected chi connectivity index (χ3v) is 3.70. The summed E-state index contributed by atoms with van der Waals surface area (Å²) in [6.07, 6.45) is 6.52. The Hall–Kier alpha value is -2.07. The molecule has 3 rings (SSSR count). The average molecular weight is 255 g/mol. The van der Waals surface area contributed by atoms with E-state index in [-0.39, 0.29) is 5.91 Å². The minimum absolute atomic E-state index is 0.0802. The van der Waals surface area contributed by atoms with E-state index in [0.717, 1.165) is 30.6 Å². The Balaban J connectivity index is 1.78. The maximum Gasteiger partial charge on any atom is 0.244 e. The highest BCUT2D eigenvalue weighted by Gasteiger charge is 2.40. The van der Waals surface area contributed by atoms with Gasteiger partial charge in [-0.1, -0.05) is 6.07 Å². The number of rotatable bonds is 3. The summed E-state index contributed by atoms with van der Waals surface area (Å²) < 4.78 is 2.00. The van der Waals surface area contributed by atoms with E-state index >= 15 is 0 Å². The third kappa shape index (κ3) is 2.27. The summed E-state index contributed by atoms with van der Waals surface area (Å²) in [5.41, 5.74) is 7.15. The van der Waals surface area contributed by atoms with Gasteiger partial charge in [0, 0.05) is 23.8 Å². The molecular weight excluding hydrogens is 238 g/mol. The van der Waals surface area contributed by atoms with Crippen LogP contribution in [0.25, 0.3) is 5.69 Å². The molecule has 0 unspecified atom stereocenters. The van der Waals surface area contributed by atoms with Crippen molar-refractivity contribution in [3.8, 4) is 5.69 Å². The van der Waals surface area contributed by atoms with Crippen LogP contribution in [0, 0.1) is 0 Å². The van der Waals surface area contributed by atoms with Crippen molar-refractivity contribution >= 4 is 11.6 Å². The van der Waals surface area contributed by atoms with Crippen LogP contribution in [-0.4, -0.2) is 16.0 Å². The largest absolute Gasteiger partial charge is 0.324 e. The molecule has 1 saturated carbocycles. The maximum atomic E-state index is 12.1. The number of carbonyl (C=O) groups excluding carboxylic acids is 1. The third-order valence-electron chi connectivity index (χ3n) is 3.70. The van der Waals surface area contributed by atoms with Gasteiger partial charge in [0.2, 0.25) is 5.91 Å². The number of nitrogens with zero attached hydrogens (tertiary/aromatic N) is 1. The zero-order chi connectivity index (χ0) is 13.3. The van der Waals surface area contributed by atoms with Gasteiger partial charge in [-0.05, 0) is 49.6 Å². The minimum Gasteiger partial charge on any atom is -0.324 e. The Morgan fingerprint density at radius 3 is 2.58 bits per heavy atom. The Morgan fingerprint density at radius 1 is 1.21 bits per heavy atom. The van der Waals surface area contributed by atoms with Crippen LogP contribution in [0.5, 0.6) is 0 Å². The highest BCUT2D eigenvalue weighted by molar-refractivity contribution is 5.98. The number of carbonyl (C=O) groups is 1. The van der Waals surface area contributed by atoms with Gasteiger partial charge in [0.15, 0.2) is 0 Å². The molecule has 0 radical (unpaired) electrons. The molecule has 1 aromatic heterocycles. The summed E-state index contributed by atoms with van der Waals surface area (Å²) in [6, 6.07) is 11.7. The molecule has 1 fully saturated rings. The second-order valence-corrected chi connectivity index (χ2v) is 5.10. The van der Waals surface area contributed by atoms with Crippen LogP contribution in [0.15, 0.2) is 48.8 Å². The molecular formula is C15H17N3O. The Kier molecular flexibility index (Phi) is 2.87. The van der Waals surface area contributed by atoms with Crippen molar-refractivity contribution in [2.45, 2.75) is 24.8 Å². The smallest absolute Gasteiger partial charge is 0.244 e. The lowest BCUT2D eigenvalue weighted by Gasteiger charge is -2.36. The summed E-state index contributed by atoms with van der Waals surface area (Å²) in [7, 11) is 0. The Labute approximate surface area is 112 Å². The standard InChI is InChI=1S/C15H17N3O/c16-15(7-4-8-15)14(19)17-12-5-3-6-13(11-12)18-9-1-2-10-18/h1-3,5-6,9-11H,4,7-8,16H2,(H,17,19). The van der Waals surface area contributed by atoms with E-state index in [1.807, 2.05) is 53.4 Å². The number of amides is 1. The van der Waals surface area contributed by atoms with Crippen LogP contribution >= 0.6 is 0 Å². The van der Waals surface area contributed by atoms with Gasteiger partial charge in [0.1, 0.15) is 0 Å². The molecule has 0 saturated heterocycles. The molecule has 0 atom stereocenters. The van der Waals surface area contributed by atoms with Gasteiger partial charge in [-0.3, -0.25) is 4.79 Å². The van der Waals surface area contributed by atoms with Crippen LogP contribution in [0.4, 0.5) is 5.69 Å². The van der Waals surface area contributed by atoms with E-state index < -0.39 is 5.54 Å². The van der Waals surface area contributed by atoms with Crippen molar-refractivity contribution in [2.75, 3.05) is 5.32 Å². The van der Waals surface area contributed by atoms with Crippen molar-refractivity contribution < 1.29 is 4.79 Å². The molecule has 1 aliphatic rings. The molecule has 2 aromatic rings. The van der Waals surface area contributed by atoms with Crippen molar-refractivity contribution in [3.05, 3.63) is 48.8 Å². The first-order chi connectivity index (χ1) is 9.17. The van der Waals surface area contributed by atoms with Crippen LogP contribution in [0.1, 0.15) is 19.3 Å². The number of anilines is 1. The SMILES string of the molecule is NC1(C(=O)Nc2cccc(-n3cccc3)c2)CCC1. The molecule has 1 amide bonds. The average Bonchev–Trinajstić information content (AvgIpc) is 2.90. The molecule has 3 N–H and O–H groups in total. The first-order valence-electron chi connectivity index (χ1n) is 6.51. The van der Waals surface area contributed by atoms with Crippen LogP contribution in [0.3, 0.4) is 0 Å². The zero-order valence-electron chi connectivity index (χ0n) is 10.7. The Morgan fingerprint density at radius 2 is 1.95 bits per heavy atom. The number of hydrogen-bond donors (Lipinski definition) is 2. The van der Waals surface area contributed by atoms with Gasteiger partial charge in [0.25, 0.3) is 0 Å². The fourth-order valence-electron chi connectivity index (χ4n) is 2.29. The molecule has 0 spiro atoms. The van der Waals surface area contributed by atoms with Crippen LogP contribution in [0.2, 0.25) is 0 Å². The molecule has 4 nitrogen and oxygen atoms in total. The summed E-state index contributed by atoms with van der Waals surface area (Å²) >= 11 is 0.